The molecule has 0 saturated carbocycles. The number of nitrogens with zero attached hydrogens (tertiary/aromatic N) is 3. The number of sulfonamides is 1. The van der Waals surface area contributed by atoms with Gasteiger partial charge < -0.3 is 4.90 Å². The lowest BCUT2D eigenvalue weighted by molar-refractivity contribution is -0.0329. The molecule has 31 heavy (non-hydrogen) atoms. The Bertz CT molecular complexity index is 1100. The fourth-order valence-electron chi connectivity index (χ4n) is 3.07. The van der Waals surface area contributed by atoms with Gasteiger partial charge in [0.05, 0.1) is 10.5 Å². The van der Waals surface area contributed by atoms with Gasteiger partial charge in [0, 0.05) is 49.7 Å². The van der Waals surface area contributed by atoms with Gasteiger partial charge in [-0.05, 0) is 31.2 Å². The number of carbonyl (C=O) groups is 2. The quantitative estimate of drug-likeness (QED) is 0.490. The van der Waals surface area contributed by atoms with Crippen LogP contribution in [0, 0.1) is 0 Å². The lowest BCUT2D eigenvalue weighted by atomic mass is 10.2. The highest BCUT2D eigenvalue weighted by Gasteiger charge is 2.35. The van der Waals surface area contributed by atoms with Crippen molar-refractivity contribution < 1.29 is 31.2 Å². The molecular formula is C19H18F3N3O4S2. The Morgan fingerprint density at radius 2 is 1.74 bits per heavy atom. The van der Waals surface area contributed by atoms with Crippen molar-refractivity contribution >= 4 is 33.5 Å². The third-order valence-electron chi connectivity index (χ3n) is 4.62. The summed E-state index contributed by atoms with van der Waals surface area (Å²) in [5, 5.41) is -0.448. The second-order valence-electron chi connectivity index (χ2n) is 6.68. The van der Waals surface area contributed by atoms with Crippen LogP contribution in [0.1, 0.15) is 27.6 Å². The van der Waals surface area contributed by atoms with Crippen LogP contribution in [0.25, 0.3) is 0 Å². The summed E-state index contributed by atoms with van der Waals surface area (Å²) in [6.07, 6.45) is 1.17. The van der Waals surface area contributed by atoms with Gasteiger partial charge in [0.2, 0.25) is 10.0 Å². The van der Waals surface area contributed by atoms with Gasteiger partial charge in [-0.1, -0.05) is 12.1 Å². The van der Waals surface area contributed by atoms with Gasteiger partial charge in [-0.3, -0.25) is 9.59 Å². The van der Waals surface area contributed by atoms with Gasteiger partial charge in [-0.2, -0.15) is 17.5 Å². The Labute approximate surface area is 181 Å². The normalized spacial score (nSPS) is 15.7. The maximum Gasteiger partial charge on any atom is 0.447 e. The van der Waals surface area contributed by atoms with Crippen LogP contribution in [0.3, 0.4) is 0 Å². The zero-order valence-electron chi connectivity index (χ0n) is 16.3. The summed E-state index contributed by atoms with van der Waals surface area (Å²) in [7, 11) is -3.89. The van der Waals surface area contributed by atoms with Crippen LogP contribution in [0.15, 0.2) is 52.5 Å². The van der Waals surface area contributed by atoms with E-state index in [1.807, 2.05) is 0 Å². The number of benzene rings is 1. The Hall–Kier alpha value is -2.44. The SMILES string of the molecule is CC(=O)c1cccc(S(=O)(=O)N2CCN(C(=O)c3cccnc3SC(F)(F)F)CC2)c1. The number of aromatic nitrogens is 1. The van der Waals surface area contributed by atoms with E-state index in [2.05, 4.69) is 4.98 Å². The molecule has 1 aliphatic rings. The molecule has 2 aromatic rings. The van der Waals surface area contributed by atoms with Crippen molar-refractivity contribution in [1.29, 1.82) is 0 Å². The monoisotopic (exact) mass is 473 g/mol. The molecule has 0 aliphatic carbocycles. The second-order valence-corrected chi connectivity index (χ2v) is 9.68. The van der Waals surface area contributed by atoms with Crippen LogP contribution in [0.4, 0.5) is 13.2 Å². The van der Waals surface area contributed by atoms with Crippen molar-refractivity contribution in [3.63, 3.8) is 0 Å². The number of piperazine rings is 1. The number of hydrogen-bond donors (Lipinski definition) is 0. The number of halogens is 3. The first-order chi connectivity index (χ1) is 14.5. The van der Waals surface area contributed by atoms with Crippen LogP contribution < -0.4 is 0 Å². The fraction of sp³-hybridized carbons (Fsp3) is 0.316. The van der Waals surface area contributed by atoms with E-state index in [0.29, 0.717) is 0 Å². The van der Waals surface area contributed by atoms with Crippen molar-refractivity contribution in [2.75, 3.05) is 26.2 Å². The summed E-state index contributed by atoms with van der Waals surface area (Å²) in [6.45, 7) is 1.30. The molecule has 7 nitrogen and oxygen atoms in total. The van der Waals surface area contributed by atoms with Crippen LogP contribution in [0.5, 0.6) is 0 Å². The van der Waals surface area contributed by atoms with Gasteiger partial charge in [0.15, 0.2) is 5.78 Å². The molecule has 0 spiro atoms. The molecule has 1 saturated heterocycles. The number of pyridine rings is 1. The molecule has 1 amide bonds. The molecule has 2 heterocycles. The minimum atomic E-state index is -4.59. The number of rotatable bonds is 5. The topological polar surface area (TPSA) is 87.7 Å². The highest BCUT2D eigenvalue weighted by Crippen LogP contribution is 2.37. The third-order valence-corrected chi connectivity index (χ3v) is 7.26. The van der Waals surface area contributed by atoms with Crippen molar-refractivity contribution in [3.8, 4) is 0 Å². The first-order valence-corrected chi connectivity index (χ1v) is 11.4. The minimum Gasteiger partial charge on any atom is -0.336 e. The smallest absolute Gasteiger partial charge is 0.336 e. The largest absolute Gasteiger partial charge is 0.447 e. The van der Waals surface area contributed by atoms with E-state index in [0.717, 1.165) is 0 Å². The number of amides is 1. The second kappa shape index (κ2) is 8.97. The van der Waals surface area contributed by atoms with E-state index >= 15 is 0 Å². The molecule has 1 aromatic heterocycles. The highest BCUT2D eigenvalue weighted by molar-refractivity contribution is 8.00. The van der Waals surface area contributed by atoms with E-state index in [1.165, 1.54) is 58.7 Å². The van der Waals surface area contributed by atoms with Crippen molar-refractivity contribution in [2.24, 2.45) is 0 Å². The van der Waals surface area contributed by atoms with E-state index in [1.54, 1.807) is 0 Å². The number of ketones is 1. The van der Waals surface area contributed by atoms with Crippen LogP contribution in [0.2, 0.25) is 0 Å². The summed E-state index contributed by atoms with van der Waals surface area (Å²) < 4.78 is 65.2. The summed E-state index contributed by atoms with van der Waals surface area (Å²) >= 11 is -0.467. The molecule has 1 aliphatic heterocycles. The number of alkyl halides is 3. The van der Waals surface area contributed by atoms with Crippen molar-refractivity contribution in [1.82, 2.24) is 14.2 Å². The van der Waals surface area contributed by atoms with Crippen molar-refractivity contribution in [3.05, 3.63) is 53.7 Å². The molecule has 12 heteroatoms. The van der Waals surface area contributed by atoms with E-state index in [-0.39, 0.29) is 48.0 Å². The summed E-state index contributed by atoms with van der Waals surface area (Å²) in [5.41, 5.74) is -4.51. The summed E-state index contributed by atoms with van der Waals surface area (Å²) in [5.74, 6) is -0.910. The standard InChI is InChI=1S/C19H18F3N3O4S2/c1-13(26)14-4-2-5-15(12-14)31(28,29)25-10-8-24(9-11-25)18(27)16-6-3-7-23-17(16)30-19(20,21)22/h2-7,12H,8-11H2,1H3. The van der Waals surface area contributed by atoms with Crippen LogP contribution in [-0.4, -0.2) is 66.0 Å². The van der Waals surface area contributed by atoms with Gasteiger partial charge in [-0.25, -0.2) is 13.4 Å². The lowest BCUT2D eigenvalue weighted by Crippen LogP contribution is -2.50. The minimum absolute atomic E-state index is 0.00941. The van der Waals surface area contributed by atoms with Gasteiger partial charge in [0.25, 0.3) is 5.91 Å². The van der Waals surface area contributed by atoms with E-state index in [4.69, 9.17) is 0 Å². The zero-order chi connectivity index (χ0) is 22.8. The summed E-state index contributed by atoms with van der Waals surface area (Å²) in [6, 6.07) is 8.31. The Kier molecular flexibility index (Phi) is 6.72. The molecule has 0 unspecified atom stereocenters. The number of hydrogen-bond acceptors (Lipinski definition) is 6. The maximum absolute atomic E-state index is 12.9. The predicted molar refractivity (Wildman–Crippen MR) is 107 cm³/mol. The fourth-order valence-corrected chi connectivity index (χ4v) is 5.14. The third kappa shape index (κ3) is 5.43. The molecule has 0 N–H and O–H groups in total. The molecule has 0 atom stereocenters. The van der Waals surface area contributed by atoms with Gasteiger partial charge in [0.1, 0.15) is 5.03 Å². The summed E-state index contributed by atoms with van der Waals surface area (Å²) in [4.78, 5) is 29.2. The van der Waals surface area contributed by atoms with E-state index < -0.39 is 38.2 Å². The molecule has 0 radical (unpaired) electrons. The maximum atomic E-state index is 12.9. The predicted octanol–water partition coefficient (Wildman–Crippen LogP) is 3.04. The van der Waals surface area contributed by atoms with Crippen LogP contribution in [-0.2, 0) is 10.0 Å². The molecule has 1 aromatic carbocycles. The molecular weight excluding hydrogens is 455 g/mol. The number of Topliss-reactive ketones (excluding diaryl/α,β-unsaturated/α-hetero) is 1. The van der Waals surface area contributed by atoms with Crippen LogP contribution >= 0.6 is 11.8 Å². The molecule has 166 valence electrons. The Morgan fingerprint density at radius 3 is 2.35 bits per heavy atom. The molecule has 3 rings (SSSR count). The average Bonchev–Trinajstić information content (AvgIpc) is 2.72. The Morgan fingerprint density at radius 1 is 1.06 bits per heavy atom. The average molecular weight is 473 g/mol. The molecule has 1 fully saturated rings. The number of thioether (sulfide) groups is 1. The first kappa shape index (κ1) is 23.2. The highest BCUT2D eigenvalue weighted by atomic mass is 32.2. The van der Waals surface area contributed by atoms with E-state index in [9.17, 15) is 31.2 Å². The van der Waals surface area contributed by atoms with Gasteiger partial charge in [-0.15, -0.1) is 0 Å². The van der Waals surface area contributed by atoms with Crippen molar-refractivity contribution in [2.45, 2.75) is 22.4 Å². The lowest BCUT2D eigenvalue weighted by Gasteiger charge is -2.34. The molecule has 0 bridgehead atoms. The number of carbonyl (C=O) groups excluding carboxylic acids is 2. The zero-order valence-corrected chi connectivity index (χ0v) is 17.9. The van der Waals surface area contributed by atoms with Gasteiger partial charge >= 0.3 is 5.51 Å². The first-order valence-electron chi connectivity index (χ1n) is 9.10. The Balaban J connectivity index is 1.73.